The molecule has 68 valence electrons. The van der Waals surface area contributed by atoms with Gasteiger partial charge in [-0.05, 0) is 0 Å². The van der Waals surface area contributed by atoms with Crippen LogP contribution in [0, 0.1) is 11.3 Å². The first-order valence-corrected chi connectivity index (χ1v) is 3.57. The summed E-state index contributed by atoms with van der Waals surface area (Å²) >= 11 is 0. The molecule has 0 saturated carbocycles. The van der Waals surface area contributed by atoms with Crippen molar-refractivity contribution in [3.05, 3.63) is 0 Å². The smallest absolute Gasteiger partial charge is 0.220 e. The van der Waals surface area contributed by atoms with Gasteiger partial charge < -0.3 is 15.9 Å². The van der Waals surface area contributed by atoms with E-state index in [1.807, 2.05) is 0 Å². The van der Waals surface area contributed by atoms with Crippen LogP contribution < -0.4 is 5.73 Å². The lowest BCUT2D eigenvalue weighted by Gasteiger charge is -2.10. The monoisotopic (exact) mass is 172 g/mol. The number of carbonyl (C=O) groups is 1. The van der Waals surface area contributed by atoms with Gasteiger partial charge in [0.05, 0.1) is 31.1 Å². The normalized spacial score (nSPS) is 14.8. The van der Waals surface area contributed by atoms with Crippen molar-refractivity contribution in [2.75, 3.05) is 0 Å². The number of nitrogens with zero attached hydrogens (tertiary/aromatic N) is 1. The highest BCUT2D eigenvalue weighted by Gasteiger charge is 2.13. The summed E-state index contributed by atoms with van der Waals surface area (Å²) in [5, 5.41) is 26.2. The van der Waals surface area contributed by atoms with Gasteiger partial charge in [-0.1, -0.05) is 0 Å². The predicted octanol–water partition coefficient (Wildman–Crippen LogP) is -1.11. The topological polar surface area (TPSA) is 107 Å². The van der Waals surface area contributed by atoms with Crippen LogP contribution in [-0.2, 0) is 4.79 Å². The van der Waals surface area contributed by atoms with Crippen molar-refractivity contribution in [2.24, 2.45) is 5.73 Å². The Morgan fingerprint density at radius 3 is 2.50 bits per heavy atom. The second-order valence-electron chi connectivity index (χ2n) is 2.58. The Morgan fingerprint density at radius 1 is 1.50 bits per heavy atom. The van der Waals surface area contributed by atoms with Gasteiger partial charge in [0, 0.05) is 6.42 Å². The summed E-state index contributed by atoms with van der Waals surface area (Å²) in [5.41, 5.74) is 4.80. The van der Waals surface area contributed by atoms with Crippen molar-refractivity contribution in [3.8, 4) is 6.07 Å². The molecule has 0 saturated heterocycles. The molecule has 5 nitrogen and oxygen atoms in total. The summed E-state index contributed by atoms with van der Waals surface area (Å²) in [7, 11) is 0. The minimum atomic E-state index is -0.953. The lowest BCUT2D eigenvalue weighted by Crippen LogP contribution is -2.24. The molecular weight excluding hydrogens is 160 g/mol. The first-order valence-electron chi connectivity index (χ1n) is 3.57. The molecule has 0 aliphatic rings. The molecule has 2 unspecified atom stereocenters. The van der Waals surface area contributed by atoms with Crippen LogP contribution in [0.5, 0.6) is 0 Å². The van der Waals surface area contributed by atoms with Crippen molar-refractivity contribution in [2.45, 2.75) is 31.5 Å². The molecule has 1 amide bonds. The van der Waals surface area contributed by atoms with E-state index in [0.717, 1.165) is 0 Å². The number of carbonyl (C=O) groups excluding carboxylic acids is 1. The van der Waals surface area contributed by atoms with E-state index in [1.54, 1.807) is 6.07 Å². The summed E-state index contributed by atoms with van der Waals surface area (Å²) in [6, 6.07) is 1.75. The highest BCUT2D eigenvalue weighted by atomic mass is 16.3. The van der Waals surface area contributed by atoms with Crippen molar-refractivity contribution >= 4 is 5.91 Å². The molecule has 2 atom stereocenters. The Balaban J connectivity index is 3.62. The van der Waals surface area contributed by atoms with Gasteiger partial charge in [0.15, 0.2) is 0 Å². The molecule has 0 spiro atoms. The van der Waals surface area contributed by atoms with Crippen LogP contribution >= 0.6 is 0 Å². The summed E-state index contributed by atoms with van der Waals surface area (Å²) in [6.07, 6.45) is -2.05. The highest BCUT2D eigenvalue weighted by molar-refractivity contribution is 5.74. The van der Waals surface area contributed by atoms with Crippen LogP contribution in [0.25, 0.3) is 0 Å². The van der Waals surface area contributed by atoms with Crippen LogP contribution in [-0.4, -0.2) is 28.3 Å². The largest absolute Gasteiger partial charge is 0.392 e. The molecule has 0 heterocycles. The fraction of sp³-hybridized carbons (Fsp3) is 0.714. The summed E-state index contributed by atoms with van der Waals surface area (Å²) in [4.78, 5) is 10.3. The number of amides is 1. The first kappa shape index (κ1) is 10.9. The van der Waals surface area contributed by atoms with Crippen LogP contribution in [0.1, 0.15) is 19.3 Å². The van der Waals surface area contributed by atoms with Crippen molar-refractivity contribution in [3.63, 3.8) is 0 Å². The fourth-order valence-corrected chi connectivity index (χ4v) is 0.818. The van der Waals surface area contributed by atoms with Gasteiger partial charge in [-0.25, -0.2) is 0 Å². The molecule has 0 radical (unpaired) electrons. The number of nitriles is 1. The van der Waals surface area contributed by atoms with Gasteiger partial charge in [0.25, 0.3) is 0 Å². The van der Waals surface area contributed by atoms with E-state index >= 15 is 0 Å². The molecule has 0 aliphatic heterocycles. The van der Waals surface area contributed by atoms with E-state index in [9.17, 15) is 4.79 Å². The molecule has 0 rings (SSSR count). The van der Waals surface area contributed by atoms with E-state index in [0.29, 0.717) is 0 Å². The number of hydrogen-bond donors (Lipinski definition) is 3. The Hall–Kier alpha value is -1.12. The van der Waals surface area contributed by atoms with Crippen molar-refractivity contribution in [1.29, 1.82) is 5.26 Å². The van der Waals surface area contributed by atoms with E-state index < -0.39 is 18.1 Å². The SMILES string of the molecule is N#CCC(O)CC(O)CC(N)=O. The minimum absolute atomic E-state index is 0.0104. The molecular formula is C7H12N2O3. The number of rotatable bonds is 5. The maximum Gasteiger partial charge on any atom is 0.220 e. The van der Waals surface area contributed by atoms with Gasteiger partial charge in [-0.3, -0.25) is 4.79 Å². The van der Waals surface area contributed by atoms with E-state index in [2.05, 4.69) is 0 Å². The zero-order valence-electron chi connectivity index (χ0n) is 6.60. The Kier molecular flexibility index (Phi) is 5.00. The third kappa shape index (κ3) is 5.65. The number of aliphatic hydroxyl groups is 2. The van der Waals surface area contributed by atoms with Crippen LogP contribution in [0.2, 0.25) is 0 Å². The van der Waals surface area contributed by atoms with Gasteiger partial charge in [0.1, 0.15) is 0 Å². The molecule has 5 heteroatoms. The zero-order valence-corrected chi connectivity index (χ0v) is 6.60. The number of primary amides is 1. The Bertz CT molecular complexity index is 188. The number of nitrogens with two attached hydrogens (primary N) is 1. The fourth-order valence-electron chi connectivity index (χ4n) is 0.818. The lowest BCUT2D eigenvalue weighted by atomic mass is 10.1. The van der Waals surface area contributed by atoms with Crippen molar-refractivity contribution < 1.29 is 15.0 Å². The quantitative estimate of drug-likeness (QED) is 0.488. The van der Waals surface area contributed by atoms with Gasteiger partial charge in [-0.15, -0.1) is 0 Å². The first-order chi connectivity index (χ1) is 5.56. The molecule has 12 heavy (non-hydrogen) atoms. The summed E-state index contributed by atoms with van der Waals surface area (Å²) < 4.78 is 0. The van der Waals surface area contributed by atoms with Crippen LogP contribution in [0.4, 0.5) is 0 Å². The predicted molar refractivity (Wildman–Crippen MR) is 40.7 cm³/mol. The second kappa shape index (κ2) is 5.52. The third-order valence-electron chi connectivity index (χ3n) is 1.31. The van der Waals surface area contributed by atoms with Crippen LogP contribution in [0.15, 0.2) is 0 Å². The maximum absolute atomic E-state index is 10.3. The van der Waals surface area contributed by atoms with E-state index in [1.165, 1.54) is 0 Å². The standard InChI is InChI=1S/C7H12N2O3/c8-2-1-5(10)3-6(11)4-7(9)12/h5-6,10-11H,1,3-4H2,(H2,9,12). The summed E-state index contributed by atoms with van der Waals surface area (Å²) in [6.45, 7) is 0. The molecule has 0 bridgehead atoms. The molecule has 0 aliphatic carbocycles. The van der Waals surface area contributed by atoms with Crippen LogP contribution in [0.3, 0.4) is 0 Å². The number of hydrogen-bond acceptors (Lipinski definition) is 4. The average molecular weight is 172 g/mol. The average Bonchev–Trinajstić information content (AvgIpc) is 1.84. The van der Waals surface area contributed by atoms with E-state index in [-0.39, 0.29) is 19.3 Å². The van der Waals surface area contributed by atoms with Crippen molar-refractivity contribution in [1.82, 2.24) is 0 Å². The van der Waals surface area contributed by atoms with Gasteiger partial charge >= 0.3 is 0 Å². The highest BCUT2D eigenvalue weighted by Crippen LogP contribution is 2.04. The minimum Gasteiger partial charge on any atom is -0.392 e. The molecule has 4 N–H and O–H groups in total. The van der Waals surface area contributed by atoms with Gasteiger partial charge in [0.2, 0.25) is 5.91 Å². The van der Waals surface area contributed by atoms with E-state index in [4.69, 9.17) is 21.2 Å². The molecule has 0 aromatic rings. The lowest BCUT2D eigenvalue weighted by molar-refractivity contribution is -0.120. The number of aliphatic hydroxyl groups excluding tert-OH is 2. The Labute approximate surface area is 70.4 Å². The zero-order chi connectivity index (χ0) is 9.56. The second-order valence-corrected chi connectivity index (χ2v) is 2.58. The van der Waals surface area contributed by atoms with Gasteiger partial charge in [-0.2, -0.15) is 5.26 Å². The molecule has 0 aromatic heterocycles. The summed E-state index contributed by atoms with van der Waals surface area (Å²) in [5.74, 6) is -0.619. The molecule has 0 aromatic carbocycles. The molecule has 0 fully saturated rings. The maximum atomic E-state index is 10.3. The Morgan fingerprint density at radius 2 is 2.08 bits per heavy atom. The third-order valence-corrected chi connectivity index (χ3v) is 1.31.